The van der Waals surface area contributed by atoms with Gasteiger partial charge in [-0.1, -0.05) is 34.1 Å². The highest BCUT2D eigenvalue weighted by molar-refractivity contribution is 5.92. The number of unbranched alkanes of at least 4 members (excludes halogenated alkanes) is 1. The normalized spacial score (nSPS) is 15.0. The van der Waals surface area contributed by atoms with Crippen LogP contribution in [0.15, 0.2) is 0 Å². The van der Waals surface area contributed by atoms with Crippen LogP contribution in [-0.2, 0) is 19.2 Å². The lowest BCUT2D eigenvalue weighted by Crippen LogP contribution is -2.54. The summed E-state index contributed by atoms with van der Waals surface area (Å²) < 4.78 is 0. The minimum absolute atomic E-state index is 0.0280. The lowest BCUT2D eigenvalue weighted by molar-refractivity contribution is -0.142. The maximum Gasteiger partial charge on any atom is 0.326 e. The first-order valence-electron chi connectivity index (χ1n) is 10.6. The molecule has 0 rings (SSSR count). The highest BCUT2D eigenvalue weighted by Gasteiger charge is 2.27. The SMILES string of the molecule is CCC(C)C(N)C(=O)NCC(=O)NC(CC(C)C)C(=O)NC(CCCCN)C(=O)O. The molecule has 0 bridgehead atoms. The smallest absolute Gasteiger partial charge is 0.326 e. The van der Waals surface area contributed by atoms with Crippen LogP contribution in [0.25, 0.3) is 0 Å². The number of carbonyl (C=O) groups is 4. The van der Waals surface area contributed by atoms with Crippen molar-refractivity contribution in [2.75, 3.05) is 13.1 Å². The number of hydrogen-bond acceptors (Lipinski definition) is 6. The Morgan fingerprint density at radius 3 is 2.10 bits per heavy atom. The molecule has 0 aliphatic rings. The van der Waals surface area contributed by atoms with Crippen molar-refractivity contribution < 1.29 is 24.3 Å². The molecule has 8 N–H and O–H groups in total. The van der Waals surface area contributed by atoms with Crippen LogP contribution in [0.4, 0.5) is 0 Å². The van der Waals surface area contributed by atoms with Gasteiger partial charge in [-0.2, -0.15) is 0 Å². The lowest BCUT2D eigenvalue weighted by Gasteiger charge is -2.23. The molecule has 0 aromatic rings. The van der Waals surface area contributed by atoms with E-state index in [2.05, 4.69) is 16.0 Å². The average molecular weight is 430 g/mol. The quantitative estimate of drug-likeness (QED) is 0.194. The molecule has 0 heterocycles. The highest BCUT2D eigenvalue weighted by atomic mass is 16.4. The second-order valence-corrected chi connectivity index (χ2v) is 8.06. The van der Waals surface area contributed by atoms with Gasteiger partial charge in [0.05, 0.1) is 12.6 Å². The van der Waals surface area contributed by atoms with Crippen molar-refractivity contribution in [3.63, 3.8) is 0 Å². The van der Waals surface area contributed by atoms with Gasteiger partial charge in [0.25, 0.3) is 0 Å². The molecule has 0 aliphatic carbocycles. The molecule has 4 atom stereocenters. The molecule has 3 amide bonds. The summed E-state index contributed by atoms with van der Waals surface area (Å²) in [5.74, 6) is -2.64. The number of hydrogen-bond donors (Lipinski definition) is 6. The zero-order valence-corrected chi connectivity index (χ0v) is 18.6. The van der Waals surface area contributed by atoms with Crippen molar-refractivity contribution in [2.45, 2.75) is 77.9 Å². The maximum absolute atomic E-state index is 12.6. The van der Waals surface area contributed by atoms with E-state index in [9.17, 15) is 24.3 Å². The fraction of sp³-hybridized carbons (Fsp3) is 0.800. The Balaban J connectivity index is 4.89. The fourth-order valence-corrected chi connectivity index (χ4v) is 2.77. The molecule has 0 fully saturated rings. The van der Waals surface area contributed by atoms with Gasteiger partial charge in [-0.25, -0.2) is 4.79 Å². The van der Waals surface area contributed by atoms with E-state index in [1.165, 1.54) is 0 Å². The molecule has 0 saturated carbocycles. The van der Waals surface area contributed by atoms with E-state index in [1.54, 1.807) is 0 Å². The minimum Gasteiger partial charge on any atom is -0.480 e. The summed E-state index contributed by atoms with van der Waals surface area (Å²) in [6, 6.07) is -2.68. The number of nitrogens with two attached hydrogens (primary N) is 2. The Labute approximate surface area is 178 Å². The largest absolute Gasteiger partial charge is 0.480 e. The molecular formula is C20H39N5O5. The molecule has 4 unspecified atom stereocenters. The number of carbonyl (C=O) groups excluding carboxylic acids is 3. The third kappa shape index (κ3) is 11.1. The van der Waals surface area contributed by atoms with Gasteiger partial charge in [0.15, 0.2) is 0 Å². The summed E-state index contributed by atoms with van der Waals surface area (Å²) >= 11 is 0. The van der Waals surface area contributed by atoms with Gasteiger partial charge in [-0.05, 0) is 44.1 Å². The van der Waals surface area contributed by atoms with Crippen molar-refractivity contribution in [1.29, 1.82) is 0 Å². The molecule has 0 aliphatic heterocycles. The Morgan fingerprint density at radius 2 is 1.60 bits per heavy atom. The number of rotatable bonds is 15. The van der Waals surface area contributed by atoms with Crippen LogP contribution in [0.3, 0.4) is 0 Å². The van der Waals surface area contributed by atoms with Crippen LogP contribution in [0.1, 0.15) is 59.8 Å². The van der Waals surface area contributed by atoms with Crippen molar-refractivity contribution in [1.82, 2.24) is 16.0 Å². The van der Waals surface area contributed by atoms with Gasteiger partial charge in [0.1, 0.15) is 12.1 Å². The average Bonchev–Trinajstić information content (AvgIpc) is 2.68. The fourth-order valence-electron chi connectivity index (χ4n) is 2.77. The minimum atomic E-state index is -1.14. The number of nitrogens with one attached hydrogen (secondary N) is 3. The third-order valence-electron chi connectivity index (χ3n) is 4.90. The molecular weight excluding hydrogens is 390 g/mol. The summed E-state index contributed by atoms with van der Waals surface area (Å²) in [7, 11) is 0. The van der Waals surface area contributed by atoms with Crippen LogP contribution < -0.4 is 27.4 Å². The van der Waals surface area contributed by atoms with Gasteiger partial charge < -0.3 is 32.5 Å². The van der Waals surface area contributed by atoms with E-state index in [1.807, 2.05) is 27.7 Å². The highest BCUT2D eigenvalue weighted by Crippen LogP contribution is 2.08. The van der Waals surface area contributed by atoms with Crippen molar-refractivity contribution in [3.05, 3.63) is 0 Å². The summed E-state index contributed by atoms with van der Waals surface area (Å²) in [6.45, 7) is 7.66. The van der Waals surface area contributed by atoms with E-state index >= 15 is 0 Å². The summed E-state index contributed by atoms with van der Waals surface area (Å²) in [6.07, 6.45) is 2.53. The maximum atomic E-state index is 12.6. The summed E-state index contributed by atoms with van der Waals surface area (Å²) in [5, 5.41) is 16.9. The van der Waals surface area contributed by atoms with Crippen molar-refractivity contribution in [3.8, 4) is 0 Å². The molecule has 0 radical (unpaired) electrons. The third-order valence-corrected chi connectivity index (χ3v) is 4.90. The standard InChI is InChI=1S/C20H39N5O5/c1-5-13(4)17(22)19(28)23-11-16(26)24-15(10-12(2)3)18(27)25-14(20(29)30)8-6-7-9-21/h12-15,17H,5-11,21-22H2,1-4H3,(H,23,28)(H,24,26)(H,25,27)(H,29,30). The van der Waals surface area contributed by atoms with Crippen LogP contribution in [0.2, 0.25) is 0 Å². The summed E-state index contributed by atoms with van der Waals surface area (Å²) in [4.78, 5) is 48.3. The van der Waals surface area contributed by atoms with Crippen LogP contribution in [-0.4, -0.2) is 60.0 Å². The van der Waals surface area contributed by atoms with Gasteiger partial charge in [-0.15, -0.1) is 0 Å². The Hall–Kier alpha value is -2.20. The predicted molar refractivity (Wildman–Crippen MR) is 114 cm³/mol. The Morgan fingerprint density at radius 1 is 0.967 bits per heavy atom. The molecule has 0 aromatic heterocycles. The van der Waals surface area contributed by atoms with Crippen molar-refractivity contribution >= 4 is 23.7 Å². The number of carboxylic acid groups (broad SMARTS) is 1. The number of aliphatic carboxylic acids is 1. The van der Waals surface area contributed by atoms with E-state index in [-0.39, 0.29) is 24.8 Å². The van der Waals surface area contributed by atoms with E-state index < -0.39 is 41.8 Å². The topological polar surface area (TPSA) is 177 Å². The van der Waals surface area contributed by atoms with E-state index in [0.29, 0.717) is 25.8 Å². The summed E-state index contributed by atoms with van der Waals surface area (Å²) in [5.41, 5.74) is 11.3. The molecule has 0 aromatic carbocycles. The number of amides is 3. The first kappa shape index (κ1) is 27.8. The second kappa shape index (κ2) is 14.7. The zero-order valence-electron chi connectivity index (χ0n) is 18.6. The van der Waals surface area contributed by atoms with Gasteiger partial charge >= 0.3 is 5.97 Å². The van der Waals surface area contributed by atoms with Crippen molar-refractivity contribution in [2.24, 2.45) is 23.3 Å². The molecule has 0 spiro atoms. The molecule has 10 nitrogen and oxygen atoms in total. The zero-order chi connectivity index (χ0) is 23.3. The number of carboxylic acids is 1. The first-order chi connectivity index (χ1) is 14.0. The van der Waals surface area contributed by atoms with Crippen LogP contribution in [0, 0.1) is 11.8 Å². The Bertz CT molecular complexity index is 570. The van der Waals surface area contributed by atoms with E-state index in [0.717, 1.165) is 6.42 Å². The second-order valence-electron chi connectivity index (χ2n) is 8.06. The molecule has 174 valence electrons. The van der Waals surface area contributed by atoms with Gasteiger partial charge in [0.2, 0.25) is 17.7 Å². The monoisotopic (exact) mass is 429 g/mol. The predicted octanol–water partition coefficient (Wildman–Crippen LogP) is -0.295. The van der Waals surface area contributed by atoms with E-state index in [4.69, 9.17) is 11.5 Å². The lowest BCUT2D eigenvalue weighted by atomic mass is 9.99. The molecule has 0 saturated heterocycles. The Kier molecular flexibility index (Phi) is 13.7. The molecule has 30 heavy (non-hydrogen) atoms. The van der Waals surface area contributed by atoms with Crippen LogP contribution in [0.5, 0.6) is 0 Å². The molecule has 10 heteroatoms. The first-order valence-corrected chi connectivity index (χ1v) is 10.6. The van der Waals surface area contributed by atoms with Gasteiger partial charge in [-0.3, -0.25) is 14.4 Å². The van der Waals surface area contributed by atoms with Gasteiger partial charge in [0, 0.05) is 0 Å². The van der Waals surface area contributed by atoms with Crippen LogP contribution >= 0.6 is 0 Å².